The number of halogens is 3. The Morgan fingerprint density at radius 1 is 1.00 bits per heavy atom. The lowest BCUT2D eigenvalue weighted by atomic mass is 9.89. The van der Waals surface area contributed by atoms with Crippen LogP contribution in [0.3, 0.4) is 0 Å². The van der Waals surface area contributed by atoms with E-state index >= 15 is 0 Å². The summed E-state index contributed by atoms with van der Waals surface area (Å²) in [6.07, 6.45) is -0.500. The van der Waals surface area contributed by atoms with E-state index in [2.05, 4.69) is 0 Å². The average molecular weight is 446 g/mol. The zero-order valence-corrected chi connectivity index (χ0v) is 17.3. The molecule has 1 aliphatic carbocycles. The number of alkyl halides is 3. The van der Waals surface area contributed by atoms with Crippen molar-refractivity contribution in [2.45, 2.75) is 38.3 Å². The summed E-state index contributed by atoms with van der Waals surface area (Å²) in [5.41, 5.74) is -1.65. The minimum Gasteiger partial charge on any atom is -0.497 e. The van der Waals surface area contributed by atoms with E-state index in [4.69, 9.17) is 13.9 Å². The van der Waals surface area contributed by atoms with Crippen LogP contribution in [0.25, 0.3) is 22.1 Å². The first-order chi connectivity index (χ1) is 15.3. The maximum absolute atomic E-state index is 13.8. The van der Waals surface area contributed by atoms with E-state index in [0.29, 0.717) is 5.75 Å². The molecule has 168 valence electrons. The first kappa shape index (κ1) is 21.9. The van der Waals surface area contributed by atoms with E-state index in [-0.39, 0.29) is 28.2 Å². The predicted molar refractivity (Wildman–Crippen MR) is 112 cm³/mol. The van der Waals surface area contributed by atoms with Crippen molar-refractivity contribution in [3.05, 3.63) is 58.4 Å². The van der Waals surface area contributed by atoms with Gasteiger partial charge in [-0.15, -0.1) is 0 Å². The Balaban J connectivity index is 1.77. The van der Waals surface area contributed by atoms with Gasteiger partial charge in [-0.3, -0.25) is 9.59 Å². The van der Waals surface area contributed by atoms with Crippen LogP contribution >= 0.6 is 0 Å². The number of carbonyl (C=O) groups excluding carboxylic acids is 1. The topological polar surface area (TPSA) is 65.7 Å². The molecule has 1 fully saturated rings. The van der Waals surface area contributed by atoms with Crippen LogP contribution in [0.4, 0.5) is 13.2 Å². The number of hydrogen-bond donors (Lipinski definition) is 0. The SMILES string of the molecule is COc1ccc(-c2c(C(F)(F)F)oc3cc(OC(=O)C4CCCCC4)ccc3c2=O)cc1. The average Bonchev–Trinajstić information content (AvgIpc) is 2.79. The van der Waals surface area contributed by atoms with E-state index in [1.54, 1.807) is 0 Å². The van der Waals surface area contributed by atoms with E-state index in [9.17, 15) is 22.8 Å². The van der Waals surface area contributed by atoms with Gasteiger partial charge in [0.1, 0.15) is 17.1 Å². The van der Waals surface area contributed by atoms with Crippen molar-refractivity contribution in [3.8, 4) is 22.6 Å². The van der Waals surface area contributed by atoms with E-state index in [1.807, 2.05) is 0 Å². The van der Waals surface area contributed by atoms with Crippen molar-refractivity contribution in [2.24, 2.45) is 5.92 Å². The quantitative estimate of drug-likeness (QED) is 0.365. The van der Waals surface area contributed by atoms with E-state index < -0.39 is 28.9 Å². The first-order valence-electron chi connectivity index (χ1n) is 10.3. The Hall–Kier alpha value is -3.29. The fourth-order valence-corrected chi connectivity index (χ4v) is 3.99. The van der Waals surface area contributed by atoms with Crippen molar-refractivity contribution < 1.29 is 31.9 Å². The number of benzene rings is 2. The lowest BCUT2D eigenvalue weighted by Crippen LogP contribution is -2.22. The molecule has 8 heteroatoms. The molecule has 2 aromatic carbocycles. The van der Waals surface area contributed by atoms with Crippen molar-refractivity contribution >= 4 is 16.9 Å². The van der Waals surface area contributed by atoms with Crippen LogP contribution in [0.5, 0.6) is 11.5 Å². The Kier molecular flexibility index (Phi) is 5.95. The standard InChI is InChI=1S/C24H21F3O5/c1-30-16-9-7-14(8-10-16)20-21(28)18-12-11-17(13-19(18)32-22(20)24(25,26)27)31-23(29)15-5-3-2-4-6-15/h7-13,15H,2-6H2,1H3. The number of fused-ring (bicyclic) bond motifs is 1. The fourth-order valence-electron chi connectivity index (χ4n) is 3.99. The smallest absolute Gasteiger partial charge is 0.450 e. The Morgan fingerprint density at radius 2 is 1.66 bits per heavy atom. The minimum absolute atomic E-state index is 0.0405. The normalized spacial score (nSPS) is 15.0. The van der Waals surface area contributed by atoms with Gasteiger partial charge in [0.15, 0.2) is 0 Å². The molecule has 1 saturated carbocycles. The lowest BCUT2D eigenvalue weighted by Gasteiger charge is -2.19. The molecule has 0 unspecified atom stereocenters. The van der Waals surface area contributed by atoms with Crippen molar-refractivity contribution in [1.29, 1.82) is 0 Å². The van der Waals surface area contributed by atoms with Gasteiger partial charge in [0.25, 0.3) is 0 Å². The molecule has 3 aromatic rings. The third-order valence-electron chi connectivity index (χ3n) is 5.66. The molecular weight excluding hydrogens is 425 g/mol. The Morgan fingerprint density at radius 3 is 2.28 bits per heavy atom. The second-order valence-electron chi connectivity index (χ2n) is 7.78. The van der Waals surface area contributed by atoms with Gasteiger partial charge in [-0.1, -0.05) is 31.4 Å². The summed E-state index contributed by atoms with van der Waals surface area (Å²) in [5.74, 6) is -1.57. The van der Waals surface area contributed by atoms with Gasteiger partial charge in [-0.25, -0.2) is 0 Å². The van der Waals surface area contributed by atoms with Crippen LogP contribution in [0.1, 0.15) is 37.9 Å². The number of hydrogen-bond acceptors (Lipinski definition) is 5. The highest BCUT2D eigenvalue weighted by Gasteiger charge is 2.39. The third-order valence-corrected chi connectivity index (χ3v) is 5.66. The molecule has 0 amide bonds. The number of methoxy groups -OCH3 is 1. The number of rotatable bonds is 4. The zero-order valence-electron chi connectivity index (χ0n) is 17.3. The van der Waals surface area contributed by atoms with Crippen LogP contribution in [-0.2, 0) is 11.0 Å². The lowest BCUT2D eigenvalue weighted by molar-refractivity contribution is -0.152. The van der Waals surface area contributed by atoms with Crippen LogP contribution in [0, 0.1) is 5.92 Å². The highest BCUT2D eigenvalue weighted by Crippen LogP contribution is 2.38. The molecule has 1 aromatic heterocycles. The van der Waals surface area contributed by atoms with E-state index in [0.717, 1.165) is 38.2 Å². The summed E-state index contributed by atoms with van der Waals surface area (Å²) in [6.45, 7) is 0. The minimum atomic E-state index is -4.91. The molecule has 0 bridgehead atoms. The molecular formula is C24H21F3O5. The maximum atomic E-state index is 13.8. The fraction of sp³-hybridized carbons (Fsp3) is 0.333. The van der Waals surface area contributed by atoms with Gasteiger partial charge >= 0.3 is 12.1 Å². The number of carbonyl (C=O) groups is 1. The van der Waals surface area contributed by atoms with Crippen LogP contribution < -0.4 is 14.9 Å². The zero-order chi connectivity index (χ0) is 22.9. The molecule has 0 aliphatic heterocycles. The first-order valence-corrected chi connectivity index (χ1v) is 10.3. The van der Waals surface area contributed by atoms with E-state index in [1.165, 1.54) is 43.5 Å². The summed E-state index contributed by atoms with van der Waals surface area (Å²) in [7, 11) is 1.43. The summed E-state index contributed by atoms with van der Waals surface area (Å²) in [6, 6.07) is 9.53. The van der Waals surface area contributed by atoms with Crippen LogP contribution in [-0.4, -0.2) is 13.1 Å². The summed E-state index contributed by atoms with van der Waals surface area (Å²) >= 11 is 0. The third kappa shape index (κ3) is 4.35. The Labute approximate surface area is 181 Å². The molecule has 0 spiro atoms. The van der Waals surface area contributed by atoms with Gasteiger partial charge < -0.3 is 13.9 Å². The monoisotopic (exact) mass is 446 g/mol. The molecule has 0 radical (unpaired) electrons. The highest BCUT2D eigenvalue weighted by molar-refractivity contribution is 5.85. The molecule has 1 heterocycles. The largest absolute Gasteiger partial charge is 0.497 e. The van der Waals surface area contributed by atoms with Crippen LogP contribution in [0.15, 0.2) is 51.7 Å². The molecule has 5 nitrogen and oxygen atoms in total. The van der Waals surface area contributed by atoms with Gasteiger partial charge in [-0.2, -0.15) is 13.2 Å². The molecule has 4 rings (SSSR count). The molecule has 0 N–H and O–H groups in total. The van der Waals surface area contributed by atoms with Gasteiger partial charge in [0, 0.05) is 6.07 Å². The second kappa shape index (κ2) is 8.68. The number of ether oxygens (including phenoxy) is 2. The molecule has 0 saturated heterocycles. The van der Waals surface area contributed by atoms with Gasteiger partial charge in [0.2, 0.25) is 11.2 Å². The molecule has 32 heavy (non-hydrogen) atoms. The van der Waals surface area contributed by atoms with Crippen molar-refractivity contribution in [3.63, 3.8) is 0 Å². The van der Waals surface area contributed by atoms with Crippen molar-refractivity contribution in [1.82, 2.24) is 0 Å². The van der Waals surface area contributed by atoms with Crippen LogP contribution in [0.2, 0.25) is 0 Å². The summed E-state index contributed by atoms with van der Waals surface area (Å²) in [5, 5.41) is -0.0405. The predicted octanol–water partition coefficient (Wildman–Crippen LogP) is 5.97. The maximum Gasteiger partial charge on any atom is 0.450 e. The molecule has 0 atom stereocenters. The van der Waals surface area contributed by atoms with Gasteiger partial charge in [0.05, 0.1) is 24.0 Å². The number of esters is 1. The summed E-state index contributed by atoms with van der Waals surface area (Å²) < 4.78 is 57.0. The highest BCUT2D eigenvalue weighted by atomic mass is 19.4. The summed E-state index contributed by atoms with van der Waals surface area (Å²) in [4.78, 5) is 25.4. The molecule has 1 aliphatic rings. The second-order valence-corrected chi connectivity index (χ2v) is 7.78. The van der Waals surface area contributed by atoms with Crippen molar-refractivity contribution in [2.75, 3.05) is 7.11 Å². The Bertz CT molecular complexity index is 1190. The van der Waals surface area contributed by atoms with Gasteiger partial charge in [-0.05, 0) is 42.7 Å².